The summed E-state index contributed by atoms with van der Waals surface area (Å²) >= 11 is 6.53. The van der Waals surface area contributed by atoms with E-state index in [2.05, 4.69) is 15.4 Å². The summed E-state index contributed by atoms with van der Waals surface area (Å²) < 4.78 is 31.6. The van der Waals surface area contributed by atoms with E-state index >= 15 is 4.39 Å². The van der Waals surface area contributed by atoms with Crippen molar-refractivity contribution < 1.29 is 23.2 Å². The number of likely N-dealkylation sites (tertiary alicyclic amines) is 1. The minimum atomic E-state index is -1.43. The summed E-state index contributed by atoms with van der Waals surface area (Å²) in [6, 6.07) is 13.9. The predicted octanol–water partition coefficient (Wildman–Crippen LogP) is 5.53. The number of aromatic nitrogens is 2. The lowest BCUT2D eigenvalue weighted by Crippen LogP contribution is -2.44. The van der Waals surface area contributed by atoms with E-state index in [1.165, 1.54) is 17.7 Å². The fourth-order valence-electron chi connectivity index (χ4n) is 5.44. The number of fused-ring (bicyclic) bond motifs is 2. The maximum atomic E-state index is 15.7. The summed E-state index contributed by atoms with van der Waals surface area (Å²) in [6.07, 6.45) is 0.719. The molecule has 0 unspecified atom stereocenters. The molecule has 4 aromatic rings. The summed E-state index contributed by atoms with van der Waals surface area (Å²) in [5.74, 6) is -2.23. The molecule has 2 aliphatic rings. The summed E-state index contributed by atoms with van der Waals surface area (Å²) in [5.41, 5.74) is 2.80. The molecule has 2 atom stereocenters. The molecule has 41 heavy (non-hydrogen) atoms. The van der Waals surface area contributed by atoms with Crippen LogP contribution in [0.15, 0.2) is 59.6 Å². The lowest BCUT2D eigenvalue weighted by molar-refractivity contribution is -0.137. The lowest BCUT2D eigenvalue weighted by atomic mass is 10.0. The van der Waals surface area contributed by atoms with Gasteiger partial charge in [-0.05, 0) is 17.7 Å². The second-order valence-corrected chi connectivity index (χ2v) is 10.5. The van der Waals surface area contributed by atoms with Gasteiger partial charge in [-0.2, -0.15) is 5.10 Å². The molecule has 8 nitrogen and oxygen atoms in total. The predicted molar refractivity (Wildman–Crippen MR) is 152 cm³/mol. The fraction of sp³-hybridized carbons (Fsp3) is 0.233. The number of ketones is 1. The summed E-state index contributed by atoms with van der Waals surface area (Å²) in [6.45, 7) is 0.798. The SMILES string of the molecule is CC(=O)c1nn(CC(=O)N2C[C@H](F)C[C@H]2C(=O)Nc2cccc(-c3ccc4c(c3Cl)N=CC4)c2F)c2ccccc12. The third-order valence-corrected chi connectivity index (χ3v) is 7.81. The summed E-state index contributed by atoms with van der Waals surface area (Å²) in [4.78, 5) is 44.1. The van der Waals surface area contributed by atoms with Crippen molar-refractivity contribution in [2.24, 2.45) is 4.99 Å². The Labute approximate surface area is 238 Å². The average Bonchev–Trinajstić information content (AvgIpc) is 3.68. The first-order chi connectivity index (χ1) is 19.7. The lowest BCUT2D eigenvalue weighted by Gasteiger charge is -2.24. The number of halogens is 3. The number of nitrogens with zero attached hydrogens (tertiary/aromatic N) is 4. The van der Waals surface area contributed by atoms with Crippen LogP contribution in [-0.2, 0) is 22.6 Å². The second-order valence-electron chi connectivity index (χ2n) is 10.1. The van der Waals surface area contributed by atoms with Gasteiger partial charge in [0, 0.05) is 42.5 Å². The zero-order valence-corrected chi connectivity index (χ0v) is 22.7. The summed E-state index contributed by atoms with van der Waals surface area (Å²) in [5, 5.41) is 7.74. The van der Waals surface area contributed by atoms with Crippen LogP contribution in [0, 0.1) is 5.82 Å². The first kappa shape index (κ1) is 26.8. The topological polar surface area (TPSA) is 96.7 Å². The molecule has 0 spiro atoms. The van der Waals surface area contributed by atoms with Crippen molar-refractivity contribution in [1.82, 2.24) is 14.7 Å². The fourth-order valence-corrected chi connectivity index (χ4v) is 5.78. The number of rotatable bonds is 6. The van der Waals surface area contributed by atoms with Gasteiger partial charge < -0.3 is 10.2 Å². The van der Waals surface area contributed by atoms with E-state index in [9.17, 15) is 18.8 Å². The largest absolute Gasteiger partial charge is 0.326 e. The Morgan fingerprint density at radius 2 is 1.88 bits per heavy atom. The van der Waals surface area contributed by atoms with Crippen molar-refractivity contribution in [3.63, 3.8) is 0 Å². The molecule has 1 aromatic heterocycles. The number of amides is 2. The number of hydrogen-bond acceptors (Lipinski definition) is 5. The molecule has 0 aliphatic carbocycles. The number of benzene rings is 3. The Hall–Kier alpha value is -4.44. The number of anilines is 1. The smallest absolute Gasteiger partial charge is 0.247 e. The molecule has 0 radical (unpaired) electrons. The molecule has 2 amide bonds. The molecule has 6 rings (SSSR count). The van der Waals surface area contributed by atoms with Gasteiger partial charge in [0.25, 0.3) is 0 Å². The Kier molecular flexibility index (Phi) is 6.86. The van der Waals surface area contributed by atoms with Crippen LogP contribution in [0.3, 0.4) is 0 Å². The van der Waals surface area contributed by atoms with Gasteiger partial charge in [-0.3, -0.25) is 24.1 Å². The van der Waals surface area contributed by atoms with Crippen molar-refractivity contribution >= 4 is 57.7 Å². The highest BCUT2D eigenvalue weighted by molar-refractivity contribution is 6.36. The van der Waals surface area contributed by atoms with E-state index < -0.39 is 29.8 Å². The van der Waals surface area contributed by atoms with Crippen molar-refractivity contribution in [2.75, 3.05) is 11.9 Å². The van der Waals surface area contributed by atoms with Gasteiger partial charge in [0.05, 0.1) is 28.5 Å². The van der Waals surface area contributed by atoms with Crippen LogP contribution in [0.4, 0.5) is 20.2 Å². The van der Waals surface area contributed by atoms with Gasteiger partial charge in [-0.1, -0.05) is 54.1 Å². The average molecular weight is 576 g/mol. The minimum absolute atomic E-state index is 0.119. The normalized spacial score (nSPS) is 17.7. The van der Waals surface area contributed by atoms with Gasteiger partial charge in [0.15, 0.2) is 11.6 Å². The Morgan fingerprint density at radius 1 is 1.07 bits per heavy atom. The summed E-state index contributed by atoms with van der Waals surface area (Å²) in [7, 11) is 0. The third kappa shape index (κ3) is 4.78. The number of alkyl halides is 1. The molecule has 2 aliphatic heterocycles. The van der Waals surface area contributed by atoms with E-state index in [1.807, 2.05) is 6.07 Å². The van der Waals surface area contributed by atoms with Crippen LogP contribution >= 0.6 is 11.6 Å². The molecular formula is C30H24ClF2N5O3. The number of nitrogens with one attached hydrogen (secondary N) is 1. The van der Waals surface area contributed by atoms with Crippen molar-refractivity contribution in [3.05, 3.63) is 76.7 Å². The molecule has 1 N–H and O–H groups in total. The van der Waals surface area contributed by atoms with Crippen LogP contribution in [0.5, 0.6) is 0 Å². The van der Waals surface area contributed by atoms with Crippen LogP contribution in [-0.4, -0.2) is 57.3 Å². The van der Waals surface area contributed by atoms with Gasteiger partial charge in [0.2, 0.25) is 11.8 Å². The second kappa shape index (κ2) is 10.5. The van der Waals surface area contributed by atoms with Crippen LogP contribution in [0.25, 0.3) is 22.0 Å². The van der Waals surface area contributed by atoms with Gasteiger partial charge >= 0.3 is 0 Å². The molecule has 0 bridgehead atoms. The van der Waals surface area contributed by atoms with E-state index in [0.29, 0.717) is 33.6 Å². The monoisotopic (exact) mass is 575 g/mol. The Balaban J connectivity index is 1.24. The third-order valence-electron chi connectivity index (χ3n) is 7.43. The van der Waals surface area contributed by atoms with Crippen LogP contribution in [0.1, 0.15) is 29.4 Å². The van der Waals surface area contributed by atoms with Crippen LogP contribution in [0.2, 0.25) is 5.02 Å². The quantitative estimate of drug-likeness (QED) is 0.306. The maximum Gasteiger partial charge on any atom is 0.247 e. The standard InChI is InChI=1S/C30H24ClF2N5O3/c1-16(39)28-21-5-2-3-8-23(21)38(36-28)15-25(40)37-14-18(32)13-24(37)30(41)35-22-7-4-6-20(27(22)33)19-10-9-17-11-12-34-29(17)26(19)31/h2-10,12,18,24H,11,13-15H2,1H3,(H,35,41)/t18-,24+/m1/s1. The number of hydrogen-bond donors (Lipinski definition) is 1. The molecule has 3 aromatic carbocycles. The molecular weight excluding hydrogens is 552 g/mol. The van der Waals surface area contributed by atoms with Gasteiger partial charge in [-0.15, -0.1) is 0 Å². The first-order valence-corrected chi connectivity index (χ1v) is 13.4. The van der Waals surface area contributed by atoms with Crippen molar-refractivity contribution in [3.8, 4) is 11.1 Å². The maximum absolute atomic E-state index is 15.7. The Bertz CT molecular complexity index is 1770. The van der Waals surface area contributed by atoms with Crippen LogP contribution < -0.4 is 5.32 Å². The minimum Gasteiger partial charge on any atom is -0.326 e. The zero-order valence-electron chi connectivity index (χ0n) is 21.9. The molecule has 208 valence electrons. The zero-order chi connectivity index (χ0) is 28.8. The number of carbonyl (C=O) groups is 3. The number of para-hydroxylation sites is 1. The van der Waals surface area contributed by atoms with E-state index in [-0.39, 0.29) is 42.2 Å². The highest BCUT2D eigenvalue weighted by atomic mass is 35.5. The molecule has 0 saturated carbocycles. The van der Waals surface area contributed by atoms with Gasteiger partial charge in [0.1, 0.15) is 24.5 Å². The highest BCUT2D eigenvalue weighted by Crippen LogP contribution is 2.41. The molecule has 11 heteroatoms. The first-order valence-electron chi connectivity index (χ1n) is 13.1. The highest BCUT2D eigenvalue weighted by Gasteiger charge is 2.40. The van der Waals surface area contributed by atoms with Crippen molar-refractivity contribution in [2.45, 2.75) is 38.5 Å². The van der Waals surface area contributed by atoms with E-state index in [0.717, 1.165) is 10.5 Å². The van der Waals surface area contributed by atoms with Gasteiger partial charge in [-0.25, -0.2) is 8.78 Å². The molecule has 1 saturated heterocycles. The Morgan fingerprint density at radius 3 is 2.68 bits per heavy atom. The number of Topliss-reactive ketones (excluding diaryl/α,β-unsaturated/α-hetero) is 1. The van der Waals surface area contributed by atoms with E-state index in [1.54, 1.807) is 48.7 Å². The number of aliphatic imine (C=N–C) groups is 1. The molecule has 1 fully saturated rings. The number of carbonyl (C=O) groups excluding carboxylic acids is 3. The molecule has 3 heterocycles. The van der Waals surface area contributed by atoms with E-state index in [4.69, 9.17) is 11.6 Å². The van der Waals surface area contributed by atoms with Crippen molar-refractivity contribution in [1.29, 1.82) is 0 Å².